The topological polar surface area (TPSA) is 55.1 Å². The summed E-state index contributed by atoms with van der Waals surface area (Å²) in [7, 11) is 0. The summed E-state index contributed by atoms with van der Waals surface area (Å²) in [6.07, 6.45) is 3.84. The first-order chi connectivity index (χ1) is 7.75. The van der Waals surface area contributed by atoms with Crippen molar-refractivity contribution in [2.75, 3.05) is 5.43 Å². The lowest BCUT2D eigenvalue weighted by molar-refractivity contribution is 0.918. The van der Waals surface area contributed by atoms with E-state index in [2.05, 4.69) is 20.7 Å². The lowest BCUT2D eigenvalue weighted by atomic mass is 10.5. The van der Waals surface area contributed by atoms with E-state index in [1.54, 1.807) is 0 Å². The Morgan fingerprint density at radius 1 is 1.19 bits per heavy atom. The number of rotatable bonds is 3. The van der Waals surface area contributed by atoms with Crippen LogP contribution in [0.2, 0.25) is 0 Å². The van der Waals surface area contributed by atoms with Gasteiger partial charge in [0.1, 0.15) is 0 Å². The third-order valence-corrected chi connectivity index (χ3v) is 1.91. The molecule has 0 aliphatic heterocycles. The van der Waals surface area contributed by atoms with E-state index in [0.717, 1.165) is 11.5 Å². The van der Waals surface area contributed by atoms with Crippen LogP contribution in [0.25, 0.3) is 5.82 Å². The molecule has 0 fully saturated rings. The highest BCUT2D eigenvalue weighted by atomic mass is 15.4. The van der Waals surface area contributed by atoms with E-state index < -0.39 is 0 Å². The van der Waals surface area contributed by atoms with Crippen LogP contribution in [0.1, 0.15) is 13.8 Å². The molecule has 5 nitrogen and oxygen atoms in total. The molecule has 2 aromatic heterocycles. The maximum Gasteiger partial charge on any atom is 0.168 e. The molecular formula is C11H13N5. The van der Waals surface area contributed by atoms with Gasteiger partial charge in [-0.1, -0.05) is 0 Å². The second-order valence-corrected chi connectivity index (χ2v) is 3.54. The molecular weight excluding hydrogens is 202 g/mol. The van der Waals surface area contributed by atoms with Gasteiger partial charge in [-0.05, 0) is 38.1 Å². The summed E-state index contributed by atoms with van der Waals surface area (Å²) in [4.78, 5) is 0. The smallest absolute Gasteiger partial charge is 0.168 e. The van der Waals surface area contributed by atoms with Crippen molar-refractivity contribution in [3.8, 4) is 5.82 Å². The van der Waals surface area contributed by atoms with Gasteiger partial charge >= 0.3 is 0 Å². The monoisotopic (exact) mass is 215 g/mol. The fourth-order valence-electron chi connectivity index (χ4n) is 1.18. The van der Waals surface area contributed by atoms with E-state index in [1.165, 1.54) is 0 Å². The van der Waals surface area contributed by atoms with Crippen molar-refractivity contribution in [2.24, 2.45) is 5.10 Å². The summed E-state index contributed by atoms with van der Waals surface area (Å²) < 4.78 is 1.89. The van der Waals surface area contributed by atoms with E-state index in [0.29, 0.717) is 5.82 Å². The fourth-order valence-corrected chi connectivity index (χ4v) is 1.18. The van der Waals surface area contributed by atoms with Gasteiger partial charge in [0, 0.05) is 18.1 Å². The van der Waals surface area contributed by atoms with Crippen LogP contribution in [0.3, 0.4) is 0 Å². The predicted molar refractivity (Wildman–Crippen MR) is 63.8 cm³/mol. The molecule has 0 amide bonds. The molecule has 0 saturated carbocycles. The number of nitrogens with zero attached hydrogens (tertiary/aromatic N) is 4. The summed E-state index contributed by atoms with van der Waals surface area (Å²) >= 11 is 0. The Kier molecular flexibility index (Phi) is 2.95. The summed E-state index contributed by atoms with van der Waals surface area (Å²) in [6.45, 7) is 3.82. The summed E-state index contributed by atoms with van der Waals surface area (Å²) in [6, 6.07) is 7.61. The van der Waals surface area contributed by atoms with Crippen LogP contribution in [0.15, 0.2) is 41.8 Å². The highest BCUT2D eigenvalue weighted by molar-refractivity contribution is 5.79. The minimum atomic E-state index is 0.636. The number of hydrazone groups is 1. The number of hydrogen-bond donors (Lipinski definition) is 1. The van der Waals surface area contributed by atoms with Crippen LogP contribution in [0.5, 0.6) is 0 Å². The highest BCUT2D eigenvalue weighted by Crippen LogP contribution is 2.06. The highest BCUT2D eigenvalue weighted by Gasteiger charge is 1.97. The minimum Gasteiger partial charge on any atom is -0.307 e. The standard InChI is InChI=1S/C11H13N5/c1-9(2)12-13-10-5-6-11(15-14-10)16-7-3-4-8-16/h3-8H,1-2H3,(H,13,14). The van der Waals surface area contributed by atoms with Gasteiger partial charge in [0.15, 0.2) is 11.6 Å². The number of nitrogens with one attached hydrogen (secondary N) is 1. The third-order valence-electron chi connectivity index (χ3n) is 1.91. The molecule has 0 bridgehead atoms. The van der Waals surface area contributed by atoms with Crippen molar-refractivity contribution >= 4 is 11.5 Å². The zero-order valence-corrected chi connectivity index (χ0v) is 9.25. The average Bonchev–Trinajstić information content (AvgIpc) is 2.80. The van der Waals surface area contributed by atoms with Gasteiger partial charge in [-0.15, -0.1) is 10.2 Å². The van der Waals surface area contributed by atoms with Crippen molar-refractivity contribution in [2.45, 2.75) is 13.8 Å². The molecule has 1 N–H and O–H groups in total. The first kappa shape index (κ1) is 10.4. The average molecular weight is 215 g/mol. The predicted octanol–water partition coefficient (Wildman–Crippen LogP) is 2.07. The molecule has 0 radical (unpaired) electrons. The van der Waals surface area contributed by atoms with Crippen molar-refractivity contribution in [3.05, 3.63) is 36.7 Å². The van der Waals surface area contributed by atoms with Crippen molar-refractivity contribution in [1.29, 1.82) is 0 Å². The van der Waals surface area contributed by atoms with Gasteiger partial charge in [0.25, 0.3) is 0 Å². The molecule has 0 aliphatic rings. The van der Waals surface area contributed by atoms with E-state index in [-0.39, 0.29) is 0 Å². The zero-order valence-electron chi connectivity index (χ0n) is 9.25. The van der Waals surface area contributed by atoms with Gasteiger partial charge in [0.05, 0.1) is 0 Å². The summed E-state index contributed by atoms with van der Waals surface area (Å²) in [5.74, 6) is 1.42. The number of hydrogen-bond acceptors (Lipinski definition) is 4. The van der Waals surface area contributed by atoms with Crippen molar-refractivity contribution < 1.29 is 0 Å². The molecule has 5 heteroatoms. The molecule has 16 heavy (non-hydrogen) atoms. The summed E-state index contributed by atoms with van der Waals surface area (Å²) in [5.41, 5.74) is 3.76. The van der Waals surface area contributed by atoms with Gasteiger partial charge < -0.3 is 4.57 Å². The Bertz CT molecular complexity index is 466. The van der Waals surface area contributed by atoms with Crippen LogP contribution in [-0.4, -0.2) is 20.5 Å². The van der Waals surface area contributed by atoms with Crippen LogP contribution < -0.4 is 5.43 Å². The number of anilines is 1. The van der Waals surface area contributed by atoms with E-state index in [9.17, 15) is 0 Å². The maximum atomic E-state index is 4.08. The Balaban J connectivity index is 2.14. The molecule has 82 valence electrons. The van der Waals surface area contributed by atoms with Crippen LogP contribution in [-0.2, 0) is 0 Å². The quantitative estimate of drug-likeness (QED) is 0.630. The molecule has 0 atom stereocenters. The Labute approximate surface area is 93.8 Å². The van der Waals surface area contributed by atoms with Gasteiger partial charge in [-0.2, -0.15) is 5.10 Å². The lowest BCUT2D eigenvalue weighted by Gasteiger charge is -2.02. The van der Waals surface area contributed by atoms with E-state index >= 15 is 0 Å². The first-order valence-electron chi connectivity index (χ1n) is 5.00. The maximum absolute atomic E-state index is 4.08. The normalized spacial score (nSPS) is 9.88. The lowest BCUT2D eigenvalue weighted by Crippen LogP contribution is -2.00. The molecule has 0 aromatic carbocycles. The minimum absolute atomic E-state index is 0.636. The number of aromatic nitrogens is 3. The largest absolute Gasteiger partial charge is 0.307 e. The van der Waals surface area contributed by atoms with Crippen molar-refractivity contribution in [1.82, 2.24) is 14.8 Å². The molecule has 0 spiro atoms. The third kappa shape index (κ3) is 2.44. The van der Waals surface area contributed by atoms with Crippen LogP contribution >= 0.6 is 0 Å². The van der Waals surface area contributed by atoms with Gasteiger partial charge in [0.2, 0.25) is 0 Å². The molecule has 0 unspecified atom stereocenters. The van der Waals surface area contributed by atoms with Gasteiger partial charge in [-0.3, -0.25) is 5.43 Å². The fraction of sp³-hybridized carbons (Fsp3) is 0.182. The van der Waals surface area contributed by atoms with Crippen molar-refractivity contribution in [3.63, 3.8) is 0 Å². The Hall–Kier alpha value is -2.17. The second kappa shape index (κ2) is 4.57. The molecule has 2 aromatic rings. The van der Waals surface area contributed by atoms with E-state index in [1.807, 2.05) is 55.1 Å². The molecule has 2 rings (SSSR count). The molecule has 0 saturated heterocycles. The first-order valence-corrected chi connectivity index (χ1v) is 5.00. The Morgan fingerprint density at radius 2 is 1.94 bits per heavy atom. The SMILES string of the molecule is CC(C)=NNc1ccc(-n2cccc2)nn1. The molecule has 0 aliphatic carbocycles. The van der Waals surface area contributed by atoms with Crippen LogP contribution in [0.4, 0.5) is 5.82 Å². The van der Waals surface area contributed by atoms with Gasteiger partial charge in [-0.25, -0.2) is 0 Å². The second-order valence-electron chi connectivity index (χ2n) is 3.54. The van der Waals surface area contributed by atoms with Crippen LogP contribution in [0, 0.1) is 0 Å². The van der Waals surface area contributed by atoms with E-state index in [4.69, 9.17) is 0 Å². The zero-order chi connectivity index (χ0) is 11.4. The Morgan fingerprint density at radius 3 is 2.50 bits per heavy atom. The molecule has 2 heterocycles. The summed E-state index contributed by atoms with van der Waals surface area (Å²) in [5, 5.41) is 12.1.